The third-order valence-corrected chi connectivity index (χ3v) is 5.64. The summed E-state index contributed by atoms with van der Waals surface area (Å²) in [6, 6.07) is 9.24. The van der Waals surface area contributed by atoms with Gasteiger partial charge in [0.1, 0.15) is 5.57 Å². The highest BCUT2D eigenvalue weighted by Gasteiger charge is 2.35. The maximum absolute atomic E-state index is 13.3. The number of nitrogens with one attached hydrogen (secondary N) is 1. The van der Waals surface area contributed by atoms with Gasteiger partial charge in [0.25, 0.3) is 11.8 Å². The van der Waals surface area contributed by atoms with Crippen molar-refractivity contribution in [2.24, 2.45) is 0 Å². The Hall–Kier alpha value is -2.71. The van der Waals surface area contributed by atoms with Gasteiger partial charge in [0, 0.05) is 4.47 Å². The summed E-state index contributed by atoms with van der Waals surface area (Å²) in [5.74, 6) is 0.0810. The van der Waals surface area contributed by atoms with Gasteiger partial charge < -0.3 is 9.47 Å². The van der Waals surface area contributed by atoms with Crippen molar-refractivity contribution in [1.82, 2.24) is 5.32 Å². The molecule has 0 aliphatic carbocycles. The molecule has 2 aromatic carbocycles. The zero-order valence-corrected chi connectivity index (χ0v) is 20.1. The number of carbonyl (C=O) groups is 2. The van der Waals surface area contributed by atoms with E-state index in [1.807, 2.05) is 45.9 Å². The summed E-state index contributed by atoms with van der Waals surface area (Å²) < 4.78 is 12.0. The average Bonchev–Trinajstić information content (AvgIpc) is 2.71. The van der Waals surface area contributed by atoms with Crippen molar-refractivity contribution in [2.75, 3.05) is 18.1 Å². The van der Waals surface area contributed by atoms with Crippen molar-refractivity contribution in [3.8, 4) is 11.5 Å². The van der Waals surface area contributed by atoms with Crippen LogP contribution in [0.4, 0.5) is 5.69 Å². The second kappa shape index (κ2) is 9.62. The number of benzene rings is 2. The Morgan fingerprint density at radius 2 is 1.71 bits per heavy atom. The van der Waals surface area contributed by atoms with E-state index in [0.717, 1.165) is 11.1 Å². The van der Waals surface area contributed by atoms with Crippen LogP contribution in [0.3, 0.4) is 0 Å². The van der Waals surface area contributed by atoms with Gasteiger partial charge in [-0.3, -0.25) is 19.8 Å². The predicted octanol–water partition coefficient (Wildman–Crippen LogP) is 4.69. The summed E-state index contributed by atoms with van der Waals surface area (Å²) in [7, 11) is 0. The van der Waals surface area contributed by atoms with Crippen LogP contribution < -0.4 is 19.7 Å². The van der Waals surface area contributed by atoms with Gasteiger partial charge in [-0.25, -0.2) is 0 Å². The Morgan fingerprint density at radius 3 is 2.35 bits per heavy atom. The fourth-order valence-corrected chi connectivity index (χ4v) is 3.90. The van der Waals surface area contributed by atoms with E-state index < -0.39 is 11.8 Å². The molecule has 0 bridgehead atoms. The first-order valence-electron chi connectivity index (χ1n) is 9.84. The first kappa shape index (κ1) is 23.0. The maximum atomic E-state index is 13.3. The number of rotatable bonds is 6. The van der Waals surface area contributed by atoms with E-state index in [9.17, 15) is 9.59 Å². The minimum absolute atomic E-state index is 0.0261. The molecule has 6 nitrogen and oxygen atoms in total. The van der Waals surface area contributed by atoms with E-state index in [4.69, 9.17) is 21.7 Å². The molecular formula is C23H23BrN2O4S. The molecule has 0 saturated carbocycles. The van der Waals surface area contributed by atoms with Crippen molar-refractivity contribution in [2.45, 2.75) is 27.7 Å². The quantitative estimate of drug-likeness (QED) is 0.352. The number of thiocarbonyl (C=S) groups is 1. The van der Waals surface area contributed by atoms with Crippen LogP contribution in [-0.4, -0.2) is 30.1 Å². The topological polar surface area (TPSA) is 67.9 Å². The van der Waals surface area contributed by atoms with Gasteiger partial charge >= 0.3 is 0 Å². The number of halogens is 1. The first-order chi connectivity index (χ1) is 14.8. The minimum atomic E-state index is -0.546. The van der Waals surface area contributed by atoms with Gasteiger partial charge in [0.05, 0.1) is 18.9 Å². The van der Waals surface area contributed by atoms with Crippen LogP contribution >= 0.6 is 28.1 Å². The van der Waals surface area contributed by atoms with E-state index in [1.54, 1.807) is 12.1 Å². The molecule has 0 aromatic heterocycles. The van der Waals surface area contributed by atoms with Gasteiger partial charge in [-0.2, -0.15) is 0 Å². The fraction of sp³-hybridized carbons (Fsp3) is 0.261. The molecule has 0 atom stereocenters. The molecule has 31 heavy (non-hydrogen) atoms. The van der Waals surface area contributed by atoms with Gasteiger partial charge in [-0.05, 0) is 80.9 Å². The highest BCUT2D eigenvalue weighted by atomic mass is 79.9. The lowest BCUT2D eigenvalue weighted by Crippen LogP contribution is -2.54. The molecule has 1 aliphatic rings. The molecule has 3 rings (SSSR count). The van der Waals surface area contributed by atoms with Crippen LogP contribution in [0.2, 0.25) is 0 Å². The largest absolute Gasteiger partial charge is 0.490 e. The number of amides is 2. The van der Waals surface area contributed by atoms with E-state index in [0.29, 0.717) is 40.4 Å². The lowest BCUT2D eigenvalue weighted by Gasteiger charge is -2.30. The molecule has 0 radical (unpaired) electrons. The Bertz CT molecular complexity index is 1100. The van der Waals surface area contributed by atoms with Crippen LogP contribution in [0.1, 0.15) is 30.5 Å². The molecular weight excluding hydrogens is 480 g/mol. The van der Waals surface area contributed by atoms with Crippen LogP contribution in [0.5, 0.6) is 11.5 Å². The van der Waals surface area contributed by atoms with Gasteiger partial charge in [0.15, 0.2) is 16.6 Å². The summed E-state index contributed by atoms with van der Waals surface area (Å²) in [5, 5.41) is 2.68. The van der Waals surface area contributed by atoms with Crippen molar-refractivity contribution in [3.63, 3.8) is 0 Å². The minimum Gasteiger partial charge on any atom is -0.490 e. The fourth-order valence-electron chi connectivity index (χ4n) is 3.19. The highest BCUT2D eigenvalue weighted by molar-refractivity contribution is 9.10. The standard InChI is InChI=1S/C23H23BrN2O4S/c1-5-29-19-11-15(17(24)12-20(19)30-6-2)10-16-21(27)25-23(31)26(22(16)28)18-9-13(3)7-8-14(18)4/h7-12H,5-6H2,1-4H3,(H,25,27,31)/b16-10+. The van der Waals surface area contributed by atoms with Crippen LogP contribution in [0.15, 0.2) is 40.4 Å². The second-order valence-electron chi connectivity index (χ2n) is 6.93. The number of aryl methyl sites for hydroxylation is 2. The summed E-state index contributed by atoms with van der Waals surface area (Å²) in [4.78, 5) is 27.4. The van der Waals surface area contributed by atoms with Crippen molar-refractivity contribution < 1.29 is 19.1 Å². The van der Waals surface area contributed by atoms with Gasteiger partial charge in [0.2, 0.25) is 0 Å². The monoisotopic (exact) mass is 502 g/mol. The van der Waals surface area contributed by atoms with Gasteiger partial charge in [-0.1, -0.05) is 28.1 Å². The molecule has 2 aromatic rings. The summed E-state index contributed by atoms with van der Waals surface area (Å²) in [5.41, 5.74) is 3.08. The Morgan fingerprint density at radius 1 is 1.06 bits per heavy atom. The second-order valence-corrected chi connectivity index (χ2v) is 8.18. The average molecular weight is 503 g/mol. The number of anilines is 1. The Balaban J connectivity index is 2.08. The molecule has 0 spiro atoms. The SMILES string of the molecule is CCOc1cc(Br)c(/C=C2\C(=O)NC(=S)N(c3cc(C)ccc3C)C2=O)cc1OCC. The van der Waals surface area contributed by atoms with E-state index >= 15 is 0 Å². The predicted molar refractivity (Wildman–Crippen MR) is 129 cm³/mol. The number of hydrogen-bond donors (Lipinski definition) is 1. The van der Waals surface area contributed by atoms with Crippen LogP contribution in [0.25, 0.3) is 6.08 Å². The molecule has 1 saturated heterocycles. The third kappa shape index (κ3) is 4.80. The van der Waals surface area contributed by atoms with E-state index in [-0.39, 0.29) is 10.7 Å². The molecule has 1 heterocycles. The molecule has 1 aliphatic heterocycles. The molecule has 2 amide bonds. The normalized spacial score (nSPS) is 15.3. The van der Waals surface area contributed by atoms with Crippen molar-refractivity contribution >= 4 is 56.8 Å². The van der Waals surface area contributed by atoms with Crippen LogP contribution in [0, 0.1) is 13.8 Å². The smallest absolute Gasteiger partial charge is 0.270 e. The number of ether oxygens (including phenoxy) is 2. The summed E-state index contributed by atoms with van der Waals surface area (Å²) >= 11 is 8.81. The molecule has 162 valence electrons. The van der Waals surface area contributed by atoms with E-state index in [2.05, 4.69) is 21.2 Å². The first-order valence-corrected chi connectivity index (χ1v) is 11.0. The van der Waals surface area contributed by atoms with E-state index in [1.165, 1.54) is 11.0 Å². The number of nitrogens with zero attached hydrogens (tertiary/aromatic N) is 1. The highest BCUT2D eigenvalue weighted by Crippen LogP contribution is 2.35. The third-order valence-electron chi connectivity index (χ3n) is 4.67. The maximum Gasteiger partial charge on any atom is 0.270 e. The van der Waals surface area contributed by atoms with Crippen molar-refractivity contribution in [3.05, 3.63) is 57.1 Å². The summed E-state index contributed by atoms with van der Waals surface area (Å²) in [6.45, 7) is 8.51. The number of hydrogen-bond acceptors (Lipinski definition) is 5. The Kier molecular flexibility index (Phi) is 7.12. The van der Waals surface area contributed by atoms with Gasteiger partial charge in [-0.15, -0.1) is 0 Å². The molecule has 1 fully saturated rings. The molecule has 1 N–H and O–H groups in total. The van der Waals surface area contributed by atoms with Crippen molar-refractivity contribution in [1.29, 1.82) is 0 Å². The molecule has 0 unspecified atom stereocenters. The lowest BCUT2D eigenvalue weighted by atomic mass is 10.0. The van der Waals surface area contributed by atoms with Crippen LogP contribution in [-0.2, 0) is 9.59 Å². The zero-order valence-electron chi connectivity index (χ0n) is 17.7. The lowest BCUT2D eigenvalue weighted by molar-refractivity contribution is -0.122. The molecule has 8 heteroatoms. The zero-order chi connectivity index (χ0) is 22.7. The number of carbonyl (C=O) groups excluding carboxylic acids is 2. The summed E-state index contributed by atoms with van der Waals surface area (Å²) in [6.07, 6.45) is 1.53. The Labute approximate surface area is 195 Å².